The van der Waals surface area contributed by atoms with E-state index in [1.807, 2.05) is 0 Å². The fourth-order valence-electron chi connectivity index (χ4n) is 2.70. The van der Waals surface area contributed by atoms with Gasteiger partial charge < -0.3 is 19.3 Å². The maximum atomic E-state index is 13.8. The van der Waals surface area contributed by atoms with Crippen LogP contribution in [-0.2, 0) is 16.1 Å². The van der Waals surface area contributed by atoms with Crippen molar-refractivity contribution >= 4 is 11.5 Å². The molecule has 0 unspecified atom stereocenters. The highest BCUT2D eigenvalue weighted by molar-refractivity contribution is 6.15. The third-order valence-corrected chi connectivity index (χ3v) is 4.04. The third-order valence-electron chi connectivity index (χ3n) is 4.04. The second-order valence-corrected chi connectivity index (χ2v) is 6.03. The lowest BCUT2D eigenvalue weighted by atomic mass is 10.0. The van der Waals surface area contributed by atoms with Gasteiger partial charge in [0.15, 0.2) is 11.6 Å². The molecule has 0 atom stereocenters. The van der Waals surface area contributed by atoms with Crippen LogP contribution in [0.5, 0.6) is 17.2 Å². The summed E-state index contributed by atoms with van der Waals surface area (Å²) in [7, 11) is 1.39. The summed E-state index contributed by atoms with van der Waals surface area (Å²) < 4.78 is 30.0. The molecule has 0 aliphatic rings. The second-order valence-electron chi connectivity index (χ2n) is 6.03. The van der Waals surface area contributed by atoms with Crippen LogP contribution in [0.15, 0.2) is 79.1 Å². The van der Waals surface area contributed by atoms with Gasteiger partial charge in [-0.1, -0.05) is 42.5 Å². The van der Waals surface area contributed by atoms with Crippen molar-refractivity contribution in [1.29, 1.82) is 0 Å². The number of carbonyl (C=O) groups is 1. The Labute approximate surface area is 167 Å². The summed E-state index contributed by atoms with van der Waals surface area (Å²) in [6.45, 7) is 0.133. The summed E-state index contributed by atoms with van der Waals surface area (Å²) in [5, 5.41) is 9.43. The highest BCUT2D eigenvalue weighted by Crippen LogP contribution is 2.28. The highest BCUT2D eigenvalue weighted by atomic mass is 19.1. The van der Waals surface area contributed by atoms with Crippen LogP contribution < -0.4 is 9.47 Å². The van der Waals surface area contributed by atoms with Crippen LogP contribution in [-0.4, -0.2) is 18.2 Å². The van der Waals surface area contributed by atoms with Gasteiger partial charge in [0.1, 0.15) is 23.7 Å². The van der Waals surface area contributed by atoms with E-state index in [4.69, 9.17) is 14.2 Å². The van der Waals surface area contributed by atoms with E-state index in [9.17, 15) is 14.3 Å². The average molecular weight is 394 g/mol. The topological polar surface area (TPSA) is 65.0 Å². The van der Waals surface area contributed by atoms with Gasteiger partial charge in [0.05, 0.1) is 13.4 Å². The molecule has 0 saturated carbocycles. The van der Waals surface area contributed by atoms with Crippen molar-refractivity contribution in [2.24, 2.45) is 0 Å². The monoisotopic (exact) mass is 394 g/mol. The normalized spacial score (nSPS) is 11.0. The molecule has 0 fully saturated rings. The van der Waals surface area contributed by atoms with E-state index in [0.29, 0.717) is 22.6 Å². The molecule has 5 nitrogen and oxygen atoms in total. The molecule has 3 aromatic rings. The van der Waals surface area contributed by atoms with Gasteiger partial charge in [0, 0.05) is 6.07 Å². The molecule has 0 aromatic heterocycles. The molecule has 3 rings (SSSR count). The fraction of sp³-hybridized carbons (Fsp3) is 0.0870. The van der Waals surface area contributed by atoms with Crippen molar-refractivity contribution in [3.63, 3.8) is 0 Å². The van der Waals surface area contributed by atoms with E-state index in [-0.39, 0.29) is 17.9 Å². The van der Waals surface area contributed by atoms with Crippen LogP contribution in [0.3, 0.4) is 0 Å². The molecule has 29 heavy (non-hydrogen) atoms. The number of hydrogen-bond acceptors (Lipinski definition) is 4. The van der Waals surface area contributed by atoms with Crippen molar-refractivity contribution in [3.8, 4) is 17.2 Å². The number of methoxy groups -OCH3 is 1. The Balaban J connectivity index is 1.77. The van der Waals surface area contributed by atoms with Crippen molar-refractivity contribution in [2.45, 2.75) is 6.61 Å². The minimum absolute atomic E-state index is 0.0309. The Morgan fingerprint density at radius 3 is 2.48 bits per heavy atom. The molecule has 0 radical (unpaired) electrons. The van der Waals surface area contributed by atoms with Crippen molar-refractivity contribution in [1.82, 2.24) is 0 Å². The first-order chi connectivity index (χ1) is 14.1. The molecular weight excluding hydrogens is 375 g/mol. The molecule has 6 heteroatoms. The molecule has 3 aromatic carbocycles. The Hall–Kier alpha value is -3.80. The molecule has 0 aliphatic heterocycles. The largest absolute Gasteiger partial charge is 0.503 e. The summed E-state index contributed by atoms with van der Waals surface area (Å²) in [4.78, 5) is 11.5. The molecule has 0 spiro atoms. The van der Waals surface area contributed by atoms with Gasteiger partial charge in [-0.3, -0.25) is 0 Å². The average Bonchev–Trinajstić information content (AvgIpc) is 2.73. The lowest BCUT2D eigenvalue weighted by Crippen LogP contribution is -2.06. The molecule has 0 aliphatic carbocycles. The number of benzene rings is 3. The van der Waals surface area contributed by atoms with Gasteiger partial charge in [-0.15, -0.1) is 0 Å². The van der Waals surface area contributed by atoms with E-state index < -0.39 is 11.8 Å². The molecule has 1 N–H and O–H groups in total. The van der Waals surface area contributed by atoms with E-state index in [0.717, 1.165) is 0 Å². The van der Waals surface area contributed by atoms with Gasteiger partial charge in [0.25, 0.3) is 0 Å². The number of aliphatic carboxylic acids is 1. The number of para-hydroxylation sites is 1. The second kappa shape index (κ2) is 9.41. The number of halogens is 1. The van der Waals surface area contributed by atoms with Gasteiger partial charge in [0.2, 0.25) is 0 Å². The molecular formula is C23H19FO5. The van der Waals surface area contributed by atoms with Crippen LogP contribution >= 0.6 is 0 Å². The predicted molar refractivity (Wildman–Crippen MR) is 106 cm³/mol. The van der Waals surface area contributed by atoms with Crippen molar-refractivity contribution in [2.75, 3.05) is 7.11 Å². The first-order valence-corrected chi connectivity index (χ1v) is 8.78. The molecule has 0 amide bonds. The van der Waals surface area contributed by atoms with Crippen LogP contribution in [0.25, 0.3) is 5.57 Å². The van der Waals surface area contributed by atoms with Crippen molar-refractivity contribution < 1.29 is 28.5 Å². The maximum absolute atomic E-state index is 13.8. The number of carboxylic acid groups (broad SMARTS) is 1. The summed E-state index contributed by atoms with van der Waals surface area (Å²) in [5.74, 6) is -0.517. The predicted octanol–water partition coefficient (Wildman–Crippen LogP) is 5.27. The van der Waals surface area contributed by atoms with E-state index in [1.165, 1.54) is 25.5 Å². The van der Waals surface area contributed by atoms with E-state index in [1.54, 1.807) is 60.7 Å². The first kappa shape index (κ1) is 19.9. The Bertz CT molecular complexity index is 1030. The van der Waals surface area contributed by atoms with Crippen LogP contribution in [0.1, 0.15) is 11.1 Å². The number of hydrogen-bond donors (Lipinski definition) is 1. The summed E-state index contributed by atoms with van der Waals surface area (Å²) in [6.07, 6.45) is 1.18. The molecule has 0 saturated heterocycles. The smallest absolute Gasteiger partial charge is 0.339 e. The summed E-state index contributed by atoms with van der Waals surface area (Å²) in [5.41, 5.74) is 1.21. The van der Waals surface area contributed by atoms with Gasteiger partial charge >= 0.3 is 5.97 Å². The zero-order valence-electron chi connectivity index (χ0n) is 15.7. The van der Waals surface area contributed by atoms with Crippen LogP contribution in [0.4, 0.5) is 4.39 Å². The third kappa shape index (κ3) is 5.13. The Morgan fingerprint density at radius 2 is 1.72 bits per heavy atom. The zero-order valence-corrected chi connectivity index (χ0v) is 15.7. The van der Waals surface area contributed by atoms with E-state index in [2.05, 4.69) is 0 Å². The van der Waals surface area contributed by atoms with Crippen molar-refractivity contribution in [3.05, 3.63) is 96.0 Å². The lowest BCUT2D eigenvalue weighted by molar-refractivity contribution is -0.130. The fourth-order valence-corrected chi connectivity index (χ4v) is 2.70. The summed E-state index contributed by atoms with van der Waals surface area (Å²) >= 11 is 0. The Kier molecular flexibility index (Phi) is 6.47. The quantitative estimate of drug-likeness (QED) is 0.417. The number of ether oxygens (including phenoxy) is 3. The van der Waals surface area contributed by atoms with Gasteiger partial charge in [-0.25, -0.2) is 9.18 Å². The van der Waals surface area contributed by atoms with Gasteiger partial charge in [-0.05, 0) is 35.4 Å². The highest BCUT2D eigenvalue weighted by Gasteiger charge is 2.15. The minimum atomic E-state index is -1.10. The first-order valence-electron chi connectivity index (χ1n) is 8.78. The van der Waals surface area contributed by atoms with E-state index >= 15 is 0 Å². The Morgan fingerprint density at radius 1 is 1.00 bits per heavy atom. The molecule has 0 bridgehead atoms. The molecule has 148 valence electrons. The number of carboxylic acids is 1. The zero-order chi connectivity index (χ0) is 20.6. The lowest BCUT2D eigenvalue weighted by Gasteiger charge is -2.13. The molecule has 0 heterocycles. The van der Waals surface area contributed by atoms with Crippen LogP contribution in [0.2, 0.25) is 0 Å². The standard InChI is InChI=1S/C23H19FO5/c1-27-15-20(23(25)26)19-10-3-2-7-16(19)14-28-17-8-6-9-18(13-17)29-22-12-5-4-11-21(22)24/h2-13,15H,14H2,1H3,(H,25,26)/b20-15+. The van der Waals surface area contributed by atoms with Gasteiger partial charge in [-0.2, -0.15) is 0 Å². The number of rotatable bonds is 8. The summed E-state index contributed by atoms with van der Waals surface area (Å²) in [6, 6.07) is 19.9. The SMILES string of the molecule is CO/C=C(/C(=O)O)c1ccccc1COc1cccc(Oc2ccccc2F)c1. The maximum Gasteiger partial charge on any atom is 0.339 e. The van der Waals surface area contributed by atoms with Crippen LogP contribution in [0, 0.1) is 5.82 Å². The minimum Gasteiger partial charge on any atom is -0.503 e.